The van der Waals surface area contributed by atoms with Crippen molar-refractivity contribution in [2.45, 2.75) is 51.1 Å². The second kappa shape index (κ2) is 7.92. The Kier molecular flexibility index (Phi) is 6.22. The summed E-state index contributed by atoms with van der Waals surface area (Å²) in [5, 5.41) is 13.7. The molecule has 1 aliphatic carbocycles. The highest BCUT2D eigenvalue weighted by Crippen LogP contribution is 2.30. The van der Waals surface area contributed by atoms with Gasteiger partial charge in [0.05, 0.1) is 12.1 Å². The van der Waals surface area contributed by atoms with Crippen LogP contribution < -0.4 is 5.32 Å². The van der Waals surface area contributed by atoms with Crippen LogP contribution in [-0.4, -0.2) is 42.3 Å². The molecule has 0 saturated heterocycles. The van der Waals surface area contributed by atoms with Gasteiger partial charge in [0, 0.05) is 12.6 Å². The highest BCUT2D eigenvalue weighted by atomic mass is 16.3. The van der Waals surface area contributed by atoms with Crippen molar-refractivity contribution >= 4 is 0 Å². The van der Waals surface area contributed by atoms with E-state index in [4.69, 9.17) is 0 Å². The summed E-state index contributed by atoms with van der Waals surface area (Å²) in [5.74, 6) is 0. The van der Waals surface area contributed by atoms with Gasteiger partial charge in [-0.3, -0.25) is 0 Å². The summed E-state index contributed by atoms with van der Waals surface area (Å²) in [6, 6.07) is 11.2. The number of nitrogens with zero attached hydrogens (tertiary/aromatic N) is 1. The average Bonchev–Trinajstić information content (AvgIpc) is 3.37. The van der Waals surface area contributed by atoms with Gasteiger partial charge in [-0.2, -0.15) is 0 Å². The van der Waals surface area contributed by atoms with Crippen LogP contribution in [0.25, 0.3) is 0 Å². The van der Waals surface area contributed by atoms with Crippen LogP contribution in [0.2, 0.25) is 0 Å². The standard InChI is InChI=1S/C18H30N2O/c1-3-13-19-18(15-21,16-8-6-5-7-9-16)12-14-20(4-2)17-10-11-17/h5-9,17,19,21H,3-4,10-15H2,1-2H3. The molecule has 0 heterocycles. The maximum absolute atomic E-state index is 10.1. The van der Waals surface area contributed by atoms with E-state index in [1.54, 1.807) is 0 Å². The van der Waals surface area contributed by atoms with Gasteiger partial charge in [-0.15, -0.1) is 0 Å². The molecule has 1 unspecified atom stereocenters. The summed E-state index contributed by atoms with van der Waals surface area (Å²) < 4.78 is 0. The Morgan fingerprint density at radius 2 is 1.95 bits per heavy atom. The van der Waals surface area contributed by atoms with Crippen molar-refractivity contribution in [3.05, 3.63) is 35.9 Å². The van der Waals surface area contributed by atoms with E-state index in [-0.39, 0.29) is 12.1 Å². The van der Waals surface area contributed by atoms with E-state index in [0.717, 1.165) is 38.5 Å². The molecule has 2 rings (SSSR count). The first-order chi connectivity index (χ1) is 10.3. The third-order valence-corrected chi connectivity index (χ3v) is 4.60. The van der Waals surface area contributed by atoms with Gasteiger partial charge in [0.15, 0.2) is 0 Å². The number of benzene rings is 1. The Morgan fingerprint density at radius 3 is 2.48 bits per heavy atom. The Hall–Kier alpha value is -0.900. The molecule has 0 aliphatic heterocycles. The van der Waals surface area contributed by atoms with E-state index in [0.29, 0.717) is 0 Å². The number of rotatable bonds is 10. The average molecular weight is 290 g/mol. The van der Waals surface area contributed by atoms with E-state index >= 15 is 0 Å². The van der Waals surface area contributed by atoms with Crippen molar-refractivity contribution in [2.75, 3.05) is 26.2 Å². The first-order valence-corrected chi connectivity index (χ1v) is 8.41. The first-order valence-electron chi connectivity index (χ1n) is 8.41. The molecule has 1 fully saturated rings. The molecule has 1 aromatic carbocycles. The fourth-order valence-corrected chi connectivity index (χ4v) is 3.06. The lowest BCUT2D eigenvalue weighted by Crippen LogP contribution is -2.48. The molecule has 0 bridgehead atoms. The van der Waals surface area contributed by atoms with Gasteiger partial charge in [0.25, 0.3) is 0 Å². The highest BCUT2D eigenvalue weighted by Gasteiger charge is 2.34. The monoisotopic (exact) mass is 290 g/mol. The molecule has 1 saturated carbocycles. The van der Waals surface area contributed by atoms with Gasteiger partial charge in [0.2, 0.25) is 0 Å². The summed E-state index contributed by atoms with van der Waals surface area (Å²) in [6.07, 6.45) is 4.72. The van der Waals surface area contributed by atoms with Gasteiger partial charge >= 0.3 is 0 Å². The van der Waals surface area contributed by atoms with Crippen molar-refractivity contribution in [1.29, 1.82) is 0 Å². The predicted octanol–water partition coefficient (Wildman–Crippen LogP) is 2.75. The summed E-state index contributed by atoms with van der Waals surface area (Å²) in [6.45, 7) is 7.65. The Bertz CT molecular complexity index is 405. The predicted molar refractivity (Wildman–Crippen MR) is 88.4 cm³/mol. The molecule has 1 aliphatic rings. The highest BCUT2D eigenvalue weighted by molar-refractivity contribution is 5.25. The number of hydrogen-bond acceptors (Lipinski definition) is 3. The molecule has 2 N–H and O–H groups in total. The molecule has 3 nitrogen and oxygen atoms in total. The van der Waals surface area contributed by atoms with Crippen LogP contribution in [0.4, 0.5) is 0 Å². The van der Waals surface area contributed by atoms with Gasteiger partial charge in [-0.25, -0.2) is 0 Å². The molecular weight excluding hydrogens is 260 g/mol. The minimum absolute atomic E-state index is 0.152. The van der Waals surface area contributed by atoms with Crippen molar-refractivity contribution in [3.8, 4) is 0 Å². The zero-order chi connectivity index (χ0) is 15.1. The van der Waals surface area contributed by atoms with Crippen LogP contribution in [-0.2, 0) is 5.54 Å². The normalized spacial score (nSPS) is 17.9. The van der Waals surface area contributed by atoms with E-state index in [2.05, 4.69) is 48.3 Å². The molecule has 118 valence electrons. The number of aliphatic hydroxyl groups is 1. The fraction of sp³-hybridized carbons (Fsp3) is 0.667. The third kappa shape index (κ3) is 4.29. The van der Waals surface area contributed by atoms with Crippen LogP contribution in [0.5, 0.6) is 0 Å². The molecule has 1 atom stereocenters. The minimum Gasteiger partial charge on any atom is -0.394 e. The summed E-state index contributed by atoms with van der Waals surface area (Å²) in [7, 11) is 0. The van der Waals surface area contributed by atoms with Crippen LogP contribution in [0.1, 0.15) is 45.1 Å². The molecule has 3 heteroatoms. The molecule has 0 spiro atoms. The topological polar surface area (TPSA) is 35.5 Å². The van der Waals surface area contributed by atoms with Crippen molar-refractivity contribution in [2.24, 2.45) is 0 Å². The minimum atomic E-state index is -0.306. The maximum atomic E-state index is 10.1. The lowest BCUT2D eigenvalue weighted by atomic mass is 9.86. The Morgan fingerprint density at radius 1 is 1.24 bits per heavy atom. The number of nitrogens with one attached hydrogen (secondary N) is 1. The first kappa shape index (κ1) is 16.5. The Balaban J connectivity index is 2.10. The number of hydrogen-bond donors (Lipinski definition) is 2. The lowest BCUT2D eigenvalue weighted by Gasteiger charge is -2.36. The van der Waals surface area contributed by atoms with E-state index in [1.165, 1.54) is 18.4 Å². The Labute approximate surface area is 129 Å². The zero-order valence-electron chi connectivity index (χ0n) is 13.5. The van der Waals surface area contributed by atoms with Gasteiger partial charge in [0.1, 0.15) is 0 Å². The largest absolute Gasteiger partial charge is 0.394 e. The molecule has 0 amide bonds. The van der Waals surface area contributed by atoms with E-state index in [9.17, 15) is 5.11 Å². The molecular formula is C18H30N2O. The summed E-state index contributed by atoms with van der Waals surface area (Å²) in [5.41, 5.74) is 0.896. The van der Waals surface area contributed by atoms with E-state index in [1.807, 2.05) is 6.07 Å². The van der Waals surface area contributed by atoms with Crippen molar-refractivity contribution in [3.63, 3.8) is 0 Å². The molecule has 0 radical (unpaired) electrons. The van der Waals surface area contributed by atoms with Crippen molar-refractivity contribution < 1.29 is 5.11 Å². The SMILES string of the molecule is CCCNC(CO)(CCN(CC)C1CC1)c1ccccc1. The molecule has 0 aromatic heterocycles. The lowest BCUT2D eigenvalue weighted by molar-refractivity contribution is 0.131. The summed E-state index contributed by atoms with van der Waals surface area (Å²) in [4.78, 5) is 2.56. The van der Waals surface area contributed by atoms with Crippen LogP contribution in [0, 0.1) is 0 Å². The van der Waals surface area contributed by atoms with Gasteiger partial charge < -0.3 is 15.3 Å². The third-order valence-electron chi connectivity index (χ3n) is 4.60. The second-order valence-electron chi connectivity index (χ2n) is 6.14. The van der Waals surface area contributed by atoms with Gasteiger partial charge in [-0.1, -0.05) is 44.2 Å². The molecule has 21 heavy (non-hydrogen) atoms. The zero-order valence-corrected chi connectivity index (χ0v) is 13.5. The maximum Gasteiger partial charge on any atom is 0.0681 e. The van der Waals surface area contributed by atoms with Gasteiger partial charge in [-0.05, 0) is 44.3 Å². The summed E-state index contributed by atoms with van der Waals surface area (Å²) >= 11 is 0. The van der Waals surface area contributed by atoms with Crippen LogP contribution in [0.3, 0.4) is 0 Å². The molecule has 1 aromatic rings. The quantitative estimate of drug-likeness (QED) is 0.695. The second-order valence-corrected chi connectivity index (χ2v) is 6.14. The van der Waals surface area contributed by atoms with Crippen LogP contribution >= 0.6 is 0 Å². The van der Waals surface area contributed by atoms with E-state index < -0.39 is 0 Å². The number of aliphatic hydroxyl groups excluding tert-OH is 1. The van der Waals surface area contributed by atoms with Crippen LogP contribution in [0.15, 0.2) is 30.3 Å². The van der Waals surface area contributed by atoms with Crippen molar-refractivity contribution in [1.82, 2.24) is 10.2 Å². The fourth-order valence-electron chi connectivity index (χ4n) is 3.06. The smallest absolute Gasteiger partial charge is 0.0681 e.